The lowest BCUT2D eigenvalue weighted by Crippen LogP contribution is -2.13. The van der Waals surface area contributed by atoms with Crippen LogP contribution >= 0.6 is 11.6 Å². The number of ether oxygens (including phenoxy) is 2. The van der Waals surface area contributed by atoms with Gasteiger partial charge in [0.05, 0.1) is 12.3 Å². The number of aromatic nitrogens is 1. The highest BCUT2D eigenvalue weighted by Crippen LogP contribution is 2.17. The summed E-state index contributed by atoms with van der Waals surface area (Å²) < 4.78 is 10.9. The molecule has 4 nitrogen and oxygen atoms in total. The molecule has 0 bridgehead atoms. The number of nitrogens with zero attached hydrogens (tertiary/aromatic N) is 1. The third kappa shape index (κ3) is 4.76. The van der Waals surface area contributed by atoms with Gasteiger partial charge in [-0.2, -0.15) is 0 Å². The molecule has 0 amide bonds. The first kappa shape index (κ1) is 15.3. The van der Waals surface area contributed by atoms with E-state index in [1.807, 2.05) is 13.8 Å². The van der Waals surface area contributed by atoms with Gasteiger partial charge in [-0.25, -0.2) is 0 Å². The summed E-state index contributed by atoms with van der Waals surface area (Å²) in [6, 6.07) is 8.51. The Hall–Kier alpha value is -2.07. The summed E-state index contributed by atoms with van der Waals surface area (Å²) in [5.41, 5.74) is 0.460. The van der Waals surface area contributed by atoms with Gasteiger partial charge in [-0.1, -0.05) is 11.6 Å². The SMILES string of the molecule is CC(C)Oc1cncc(C(=O)COc2ccc(Cl)cc2)c1. The van der Waals surface area contributed by atoms with Crippen molar-refractivity contribution in [3.8, 4) is 11.5 Å². The number of ketones is 1. The average Bonchev–Trinajstić information content (AvgIpc) is 2.46. The highest BCUT2D eigenvalue weighted by molar-refractivity contribution is 6.30. The zero-order valence-corrected chi connectivity index (χ0v) is 12.6. The van der Waals surface area contributed by atoms with Gasteiger partial charge in [0.15, 0.2) is 6.61 Å². The fraction of sp³-hybridized carbons (Fsp3) is 0.250. The third-order valence-electron chi connectivity index (χ3n) is 2.59. The van der Waals surface area contributed by atoms with Crippen molar-refractivity contribution in [3.05, 3.63) is 53.3 Å². The van der Waals surface area contributed by atoms with E-state index in [4.69, 9.17) is 21.1 Å². The number of hydrogen-bond acceptors (Lipinski definition) is 4. The van der Waals surface area contributed by atoms with Crippen molar-refractivity contribution in [2.75, 3.05) is 6.61 Å². The van der Waals surface area contributed by atoms with E-state index < -0.39 is 0 Å². The van der Waals surface area contributed by atoms with Crippen LogP contribution < -0.4 is 9.47 Å². The Morgan fingerprint density at radius 2 is 1.90 bits per heavy atom. The molecule has 5 heteroatoms. The van der Waals surface area contributed by atoms with Crippen molar-refractivity contribution >= 4 is 17.4 Å². The quantitative estimate of drug-likeness (QED) is 0.762. The van der Waals surface area contributed by atoms with Crippen LogP contribution in [0.5, 0.6) is 11.5 Å². The van der Waals surface area contributed by atoms with E-state index in [1.54, 1.807) is 36.5 Å². The fourth-order valence-corrected chi connectivity index (χ4v) is 1.80. The Morgan fingerprint density at radius 3 is 2.57 bits per heavy atom. The van der Waals surface area contributed by atoms with Gasteiger partial charge in [0.25, 0.3) is 0 Å². The monoisotopic (exact) mass is 305 g/mol. The lowest BCUT2D eigenvalue weighted by molar-refractivity contribution is 0.0920. The zero-order chi connectivity index (χ0) is 15.2. The molecule has 0 spiro atoms. The maximum Gasteiger partial charge on any atom is 0.201 e. The molecule has 0 unspecified atom stereocenters. The lowest BCUT2D eigenvalue weighted by Gasteiger charge is -2.10. The summed E-state index contributed by atoms with van der Waals surface area (Å²) >= 11 is 5.78. The van der Waals surface area contributed by atoms with Gasteiger partial charge in [-0.3, -0.25) is 9.78 Å². The number of benzene rings is 1. The molecule has 2 aromatic rings. The van der Waals surface area contributed by atoms with Crippen molar-refractivity contribution in [1.29, 1.82) is 0 Å². The smallest absolute Gasteiger partial charge is 0.201 e. The normalized spacial score (nSPS) is 10.5. The molecule has 0 saturated carbocycles. The molecular formula is C16H16ClNO3. The molecule has 2 rings (SSSR count). The van der Waals surface area contributed by atoms with Crippen LogP contribution in [0.1, 0.15) is 24.2 Å². The van der Waals surface area contributed by atoms with Crippen LogP contribution in [0, 0.1) is 0 Å². The molecule has 110 valence electrons. The summed E-state index contributed by atoms with van der Waals surface area (Å²) in [6.45, 7) is 3.77. The molecule has 1 aromatic heterocycles. The Balaban J connectivity index is 1.98. The van der Waals surface area contributed by atoms with Gasteiger partial charge >= 0.3 is 0 Å². The Labute approximate surface area is 128 Å². The standard InChI is InChI=1S/C16H16ClNO3/c1-11(2)21-15-7-12(8-18-9-15)16(19)10-20-14-5-3-13(17)4-6-14/h3-9,11H,10H2,1-2H3. The van der Waals surface area contributed by atoms with Crippen LogP contribution in [-0.4, -0.2) is 23.5 Å². The number of Topliss-reactive ketones (excluding diaryl/α,β-unsaturated/α-hetero) is 1. The van der Waals surface area contributed by atoms with E-state index in [0.717, 1.165) is 0 Å². The fourth-order valence-electron chi connectivity index (χ4n) is 1.67. The maximum atomic E-state index is 12.1. The summed E-state index contributed by atoms with van der Waals surface area (Å²) in [6.07, 6.45) is 3.11. The second-order valence-electron chi connectivity index (χ2n) is 4.74. The van der Waals surface area contributed by atoms with E-state index in [1.165, 1.54) is 6.20 Å². The summed E-state index contributed by atoms with van der Waals surface area (Å²) in [7, 11) is 0. The molecule has 1 aromatic carbocycles. The van der Waals surface area contributed by atoms with E-state index in [9.17, 15) is 4.79 Å². The number of hydrogen-bond donors (Lipinski definition) is 0. The second-order valence-corrected chi connectivity index (χ2v) is 5.18. The van der Waals surface area contributed by atoms with Crippen molar-refractivity contribution in [1.82, 2.24) is 4.98 Å². The minimum absolute atomic E-state index is 0.0301. The van der Waals surface area contributed by atoms with E-state index >= 15 is 0 Å². The van der Waals surface area contributed by atoms with Gasteiger partial charge in [-0.15, -0.1) is 0 Å². The molecule has 0 aliphatic rings. The van der Waals surface area contributed by atoms with Crippen LogP contribution in [0.25, 0.3) is 0 Å². The molecule has 0 saturated heterocycles. The molecule has 0 N–H and O–H groups in total. The zero-order valence-electron chi connectivity index (χ0n) is 11.9. The number of carbonyl (C=O) groups is 1. The third-order valence-corrected chi connectivity index (χ3v) is 2.84. The van der Waals surface area contributed by atoms with Gasteiger partial charge in [-0.05, 0) is 44.2 Å². The minimum atomic E-state index is -0.161. The summed E-state index contributed by atoms with van der Waals surface area (Å²) in [4.78, 5) is 16.1. The van der Waals surface area contributed by atoms with Gasteiger partial charge in [0, 0.05) is 16.8 Å². The molecule has 0 aliphatic carbocycles. The molecular weight excluding hydrogens is 290 g/mol. The molecule has 1 heterocycles. The largest absolute Gasteiger partial charge is 0.489 e. The molecule has 0 radical (unpaired) electrons. The van der Waals surface area contributed by atoms with Gasteiger partial charge < -0.3 is 9.47 Å². The molecule has 21 heavy (non-hydrogen) atoms. The predicted octanol–water partition coefficient (Wildman–Crippen LogP) is 3.78. The van der Waals surface area contributed by atoms with Crippen molar-refractivity contribution in [2.45, 2.75) is 20.0 Å². The van der Waals surface area contributed by atoms with E-state index in [0.29, 0.717) is 22.1 Å². The van der Waals surface area contributed by atoms with Crippen molar-refractivity contribution < 1.29 is 14.3 Å². The Bertz CT molecular complexity index is 611. The number of rotatable bonds is 6. The van der Waals surface area contributed by atoms with Crippen LogP contribution in [0.4, 0.5) is 0 Å². The van der Waals surface area contributed by atoms with Crippen molar-refractivity contribution in [3.63, 3.8) is 0 Å². The van der Waals surface area contributed by atoms with Gasteiger partial charge in [0.2, 0.25) is 5.78 Å². The van der Waals surface area contributed by atoms with Crippen LogP contribution in [0.2, 0.25) is 5.02 Å². The molecule has 0 atom stereocenters. The maximum absolute atomic E-state index is 12.1. The predicted molar refractivity (Wildman–Crippen MR) is 81.3 cm³/mol. The van der Waals surface area contributed by atoms with Crippen LogP contribution in [0.15, 0.2) is 42.7 Å². The highest BCUT2D eigenvalue weighted by atomic mass is 35.5. The molecule has 0 fully saturated rings. The minimum Gasteiger partial charge on any atom is -0.489 e. The first-order chi connectivity index (χ1) is 10.0. The van der Waals surface area contributed by atoms with Gasteiger partial charge in [0.1, 0.15) is 11.5 Å². The van der Waals surface area contributed by atoms with E-state index in [2.05, 4.69) is 4.98 Å². The number of halogens is 1. The topological polar surface area (TPSA) is 48.4 Å². The van der Waals surface area contributed by atoms with Crippen molar-refractivity contribution in [2.24, 2.45) is 0 Å². The average molecular weight is 306 g/mol. The highest BCUT2D eigenvalue weighted by Gasteiger charge is 2.09. The Kier molecular flexibility index (Phi) is 5.17. The first-order valence-corrected chi connectivity index (χ1v) is 6.95. The molecule has 0 aliphatic heterocycles. The Morgan fingerprint density at radius 1 is 1.19 bits per heavy atom. The summed E-state index contributed by atoms with van der Waals surface area (Å²) in [5.74, 6) is 1.00. The first-order valence-electron chi connectivity index (χ1n) is 6.58. The summed E-state index contributed by atoms with van der Waals surface area (Å²) in [5, 5.41) is 0.622. The lowest BCUT2D eigenvalue weighted by atomic mass is 10.2. The van der Waals surface area contributed by atoms with Crippen LogP contribution in [-0.2, 0) is 0 Å². The van der Waals surface area contributed by atoms with E-state index in [-0.39, 0.29) is 18.5 Å². The number of pyridine rings is 1. The number of carbonyl (C=O) groups excluding carboxylic acids is 1. The second kappa shape index (κ2) is 7.09. The van der Waals surface area contributed by atoms with Crippen LogP contribution in [0.3, 0.4) is 0 Å².